The quantitative estimate of drug-likeness (QED) is 0.195. The first-order valence-corrected chi connectivity index (χ1v) is 14.9. The first kappa shape index (κ1) is 28.4. The lowest BCUT2D eigenvalue weighted by Crippen LogP contribution is -2.38. The smallest absolute Gasteiger partial charge is 0.315 e. The monoisotopic (exact) mass is 569 g/mol. The molecule has 4 aromatic rings. The second-order valence-electron chi connectivity index (χ2n) is 11.2. The summed E-state index contributed by atoms with van der Waals surface area (Å²) in [6, 6.07) is 37.8. The minimum atomic E-state index is -0.728. The van der Waals surface area contributed by atoms with Gasteiger partial charge in [-0.3, -0.25) is 14.6 Å². The first-order valence-electron chi connectivity index (χ1n) is 14.9. The van der Waals surface area contributed by atoms with Crippen molar-refractivity contribution in [2.75, 3.05) is 6.61 Å². The van der Waals surface area contributed by atoms with Crippen LogP contribution >= 0.6 is 0 Å². The molecule has 0 radical (unpaired) electrons. The molecule has 4 aromatic carbocycles. The lowest BCUT2D eigenvalue weighted by Gasteiger charge is -2.37. The van der Waals surface area contributed by atoms with Crippen molar-refractivity contribution >= 4 is 17.5 Å². The molecule has 0 saturated carbocycles. The molecule has 1 aliphatic heterocycles. The number of benzene rings is 4. The van der Waals surface area contributed by atoms with Gasteiger partial charge >= 0.3 is 5.97 Å². The molecule has 0 fully saturated rings. The van der Waals surface area contributed by atoms with Crippen LogP contribution in [-0.2, 0) is 27.4 Å². The van der Waals surface area contributed by atoms with Gasteiger partial charge in [0.1, 0.15) is 18.3 Å². The molecule has 3 atom stereocenters. The van der Waals surface area contributed by atoms with Crippen LogP contribution in [-0.4, -0.2) is 24.1 Å². The molecule has 1 unspecified atom stereocenters. The van der Waals surface area contributed by atoms with E-state index < -0.39 is 11.8 Å². The van der Waals surface area contributed by atoms with E-state index in [4.69, 9.17) is 14.5 Å². The largest absolute Gasteiger partial charge is 0.489 e. The molecule has 5 heteroatoms. The van der Waals surface area contributed by atoms with Gasteiger partial charge in [-0.05, 0) is 42.0 Å². The van der Waals surface area contributed by atoms with Gasteiger partial charge in [-0.1, -0.05) is 109 Å². The van der Waals surface area contributed by atoms with E-state index in [2.05, 4.69) is 12.1 Å². The Balaban J connectivity index is 1.35. The van der Waals surface area contributed by atoms with Gasteiger partial charge in [-0.25, -0.2) is 0 Å². The second kappa shape index (κ2) is 13.0. The molecular weight excluding hydrogens is 534 g/mol. The summed E-state index contributed by atoms with van der Waals surface area (Å²) in [6.45, 7) is 2.51. The lowest BCUT2D eigenvalue weighted by molar-refractivity contribution is -0.146. The third-order valence-corrected chi connectivity index (χ3v) is 8.38. The number of carbonyl (C=O) groups is 2. The molecule has 1 aliphatic carbocycles. The number of ether oxygens (including phenoxy) is 2. The van der Waals surface area contributed by atoms with Crippen molar-refractivity contribution in [3.63, 3.8) is 0 Å². The Morgan fingerprint density at radius 2 is 1.42 bits per heavy atom. The maximum absolute atomic E-state index is 14.0. The number of carbonyl (C=O) groups excluding carboxylic acids is 2. The Morgan fingerprint density at radius 3 is 2.14 bits per heavy atom. The molecule has 0 bridgehead atoms. The summed E-state index contributed by atoms with van der Waals surface area (Å²) in [5, 5.41) is 0. The standard InChI is InChI=1S/C38H35NO4/c1-26-35(38(41)42-22-21-27-13-5-2-6-14-27)36(31-19-11-12-20-34(31)43-25-28-15-7-3-8-16-28)37-32(39-26)23-30(24-33(37)40)29-17-9-4-10-18-29/h2-20,30,35-36H,21-25H2,1H3/t30-,35?,36-/m0/s1. The van der Waals surface area contributed by atoms with Gasteiger partial charge in [0.25, 0.3) is 0 Å². The number of rotatable bonds is 9. The number of para-hydroxylation sites is 1. The van der Waals surface area contributed by atoms with Gasteiger partial charge in [-0.2, -0.15) is 0 Å². The van der Waals surface area contributed by atoms with Gasteiger partial charge in [0.15, 0.2) is 5.78 Å². The van der Waals surface area contributed by atoms with Crippen LogP contribution in [0.15, 0.2) is 132 Å². The minimum Gasteiger partial charge on any atom is -0.489 e. The number of Topliss-reactive ketones (excluding diaryl/α,β-unsaturated/α-hetero) is 1. The summed E-state index contributed by atoms with van der Waals surface area (Å²) in [5.74, 6) is -0.927. The molecular formula is C38H35NO4. The number of hydrogen-bond acceptors (Lipinski definition) is 5. The van der Waals surface area contributed by atoms with Crippen LogP contribution in [0, 0.1) is 5.92 Å². The van der Waals surface area contributed by atoms with E-state index >= 15 is 0 Å². The highest BCUT2D eigenvalue weighted by molar-refractivity contribution is 6.09. The average molecular weight is 570 g/mol. The maximum Gasteiger partial charge on any atom is 0.315 e. The van der Waals surface area contributed by atoms with Crippen LogP contribution in [0.3, 0.4) is 0 Å². The fourth-order valence-corrected chi connectivity index (χ4v) is 6.27. The van der Waals surface area contributed by atoms with Crippen molar-refractivity contribution in [2.24, 2.45) is 10.9 Å². The van der Waals surface area contributed by atoms with Crippen molar-refractivity contribution in [1.82, 2.24) is 0 Å². The van der Waals surface area contributed by atoms with Gasteiger partial charge in [0.05, 0.1) is 6.61 Å². The van der Waals surface area contributed by atoms with E-state index in [1.807, 2.05) is 110 Å². The Hall–Kier alpha value is -4.77. The molecule has 0 spiro atoms. The van der Waals surface area contributed by atoms with E-state index in [1.165, 1.54) is 0 Å². The number of nitrogens with zero attached hydrogens (tertiary/aromatic N) is 1. The normalized spacial score (nSPS) is 19.8. The summed E-state index contributed by atoms with van der Waals surface area (Å²) in [4.78, 5) is 32.8. The molecule has 1 heterocycles. The molecule has 0 aromatic heterocycles. The predicted octanol–water partition coefficient (Wildman–Crippen LogP) is 7.63. The topological polar surface area (TPSA) is 65.0 Å². The van der Waals surface area contributed by atoms with Crippen LogP contribution in [0.1, 0.15) is 53.9 Å². The van der Waals surface area contributed by atoms with E-state index in [9.17, 15) is 9.59 Å². The zero-order valence-corrected chi connectivity index (χ0v) is 24.3. The van der Waals surface area contributed by atoms with Crippen LogP contribution in [0.2, 0.25) is 0 Å². The fraction of sp³-hybridized carbons (Fsp3) is 0.237. The Morgan fingerprint density at radius 1 is 0.791 bits per heavy atom. The van der Waals surface area contributed by atoms with Crippen molar-refractivity contribution in [3.05, 3.63) is 149 Å². The molecule has 0 N–H and O–H groups in total. The van der Waals surface area contributed by atoms with Crippen LogP contribution in [0.4, 0.5) is 0 Å². The van der Waals surface area contributed by atoms with Gasteiger partial charge < -0.3 is 9.47 Å². The van der Waals surface area contributed by atoms with Crippen molar-refractivity contribution in [3.8, 4) is 5.75 Å². The molecule has 0 amide bonds. The molecule has 6 rings (SSSR count). The highest BCUT2D eigenvalue weighted by Crippen LogP contribution is 2.48. The van der Waals surface area contributed by atoms with Crippen molar-refractivity contribution in [1.29, 1.82) is 0 Å². The van der Waals surface area contributed by atoms with Gasteiger partial charge in [0, 0.05) is 41.3 Å². The summed E-state index contributed by atoms with van der Waals surface area (Å²) >= 11 is 0. The highest BCUT2D eigenvalue weighted by atomic mass is 16.5. The molecule has 0 saturated heterocycles. The zero-order valence-electron chi connectivity index (χ0n) is 24.3. The summed E-state index contributed by atoms with van der Waals surface area (Å²) in [5.41, 5.74) is 6.09. The molecule has 2 aliphatic rings. The molecule has 43 heavy (non-hydrogen) atoms. The van der Waals surface area contributed by atoms with Gasteiger partial charge in [0.2, 0.25) is 0 Å². The average Bonchev–Trinajstić information content (AvgIpc) is 3.04. The number of allylic oxidation sites excluding steroid dienone is 2. The number of ketones is 1. The van der Waals surface area contributed by atoms with E-state index in [0.29, 0.717) is 42.9 Å². The van der Waals surface area contributed by atoms with Crippen LogP contribution in [0.25, 0.3) is 0 Å². The number of aliphatic imine (C=N–C) groups is 1. The summed E-state index contributed by atoms with van der Waals surface area (Å²) in [6.07, 6.45) is 1.63. The minimum absolute atomic E-state index is 0.0244. The number of hydrogen-bond donors (Lipinski definition) is 0. The highest BCUT2D eigenvalue weighted by Gasteiger charge is 2.45. The van der Waals surface area contributed by atoms with Crippen LogP contribution < -0.4 is 4.74 Å². The Kier molecular flexibility index (Phi) is 8.60. The maximum atomic E-state index is 14.0. The first-order chi connectivity index (χ1) is 21.1. The summed E-state index contributed by atoms with van der Waals surface area (Å²) in [7, 11) is 0. The molecule has 216 valence electrons. The predicted molar refractivity (Wildman–Crippen MR) is 168 cm³/mol. The van der Waals surface area contributed by atoms with Crippen molar-refractivity contribution in [2.45, 2.75) is 44.6 Å². The number of esters is 1. The third kappa shape index (κ3) is 6.36. The molecule has 5 nitrogen and oxygen atoms in total. The van der Waals surface area contributed by atoms with E-state index in [0.717, 1.165) is 28.0 Å². The van der Waals surface area contributed by atoms with E-state index in [-0.39, 0.29) is 24.3 Å². The van der Waals surface area contributed by atoms with Crippen LogP contribution in [0.5, 0.6) is 5.75 Å². The Bertz CT molecular complexity index is 1640. The third-order valence-electron chi connectivity index (χ3n) is 8.38. The van der Waals surface area contributed by atoms with Gasteiger partial charge in [-0.15, -0.1) is 0 Å². The zero-order chi connectivity index (χ0) is 29.6. The van der Waals surface area contributed by atoms with E-state index in [1.54, 1.807) is 0 Å². The van der Waals surface area contributed by atoms with Crippen molar-refractivity contribution < 1.29 is 19.1 Å². The SMILES string of the molecule is CC1=NC2=C(C(=O)C[C@@H](c3ccccc3)C2)[C@@H](c2ccccc2OCc2ccccc2)C1C(=O)OCCc1ccccc1. The fourth-order valence-electron chi connectivity index (χ4n) is 6.27. The Labute approximate surface area is 252 Å². The summed E-state index contributed by atoms with van der Waals surface area (Å²) < 4.78 is 12.2. The second-order valence-corrected chi connectivity index (χ2v) is 11.2. The lowest BCUT2D eigenvalue weighted by atomic mass is 9.69.